The quantitative estimate of drug-likeness (QED) is 0.318. The van der Waals surface area contributed by atoms with Crippen LogP contribution in [-0.4, -0.2) is 15.3 Å². The van der Waals surface area contributed by atoms with E-state index in [-0.39, 0.29) is 33.8 Å². The zero-order valence-electron chi connectivity index (χ0n) is 21.3. The van der Waals surface area contributed by atoms with Gasteiger partial charge in [0.05, 0.1) is 5.56 Å². The summed E-state index contributed by atoms with van der Waals surface area (Å²) in [7, 11) is 0. The van der Waals surface area contributed by atoms with Crippen molar-refractivity contribution in [1.82, 2.24) is 0 Å². The first kappa shape index (κ1) is 25.9. The average Bonchev–Trinajstić information content (AvgIpc) is 2.77. The summed E-state index contributed by atoms with van der Waals surface area (Å²) in [5.41, 5.74) is 5.83. The predicted octanol–water partition coefficient (Wildman–Crippen LogP) is 7.10. The molecule has 0 saturated heterocycles. The summed E-state index contributed by atoms with van der Waals surface area (Å²) in [6.45, 7) is 11.9. The maximum Gasteiger partial charge on any atom is 0.204 e. The lowest BCUT2D eigenvalue weighted by Gasteiger charge is -2.13. The van der Waals surface area contributed by atoms with E-state index in [1.165, 1.54) is 12.3 Å². The molecule has 3 aromatic rings. The van der Waals surface area contributed by atoms with Gasteiger partial charge in [-0.2, -0.15) is 0 Å². The molecule has 0 bridgehead atoms. The lowest BCUT2D eigenvalue weighted by molar-refractivity contribution is 0.447. The van der Waals surface area contributed by atoms with Crippen molar-refractivity contribution >= 4 is 11.0 Å². The van der Waals surface area contributed by atoms with Crippen LogP contribution in [0.25, 0.3) is 22.1 Å². The van der Waals surface area contributed by atoms with E-state index in [0.29, 0.717) is 41.5 Å². The molecule has 0 atom stereocenters. The number of aromatic hydroxyl groups is 3. The highest BCUT2D eigenvalue weighted by Gasteiger charge is 2.20. The minimum absolute atomic E-state index is 0.0298. The topological polar surface area (TPSA) is 90.9 Å². The van der Waals surface area contributed by atoms with Gasteiger partial charge in [-0.05, 0) is 89.6 Å². The molecule has 1 aromatic heterocycles. The van der Waals surface area contributed by atoms with Gasteiger partial charge in [-0.3, -0.25) is 4.79 Å². The Bertz CT molecular complexity index is 1360. The average molecular weight is 475 g/mol. The van der Waals surface area contributed by atoms with E-state index in [1.54, 1.807) is 12.1 Å². The summed E-state index contributed by atoms with van der Waals surface area (Å²) in [6.07, 6.45) is 8.75. The van der Waals surface area contributed by atoms with Gasteiger partial charge in [0, 0.05) is 11.6 Å². The number of hydrogen-bond acceptors (Lipinski definition) is 5. The Morgan fingerprint density at radius 3 is 1.80 bits per heavy atom. The first-order valence-corrected chi connectivity index (χ1v) is 11.7. The van der Waals surface area contributed by atoms with E-state index in [0.717, 1.165) is 16.7 Å². The fraction of sp³-hybridized carbons (Fsp3) is 0.300. The van der Waals surface area contributed by atoms with Crippen LogP contribution in [0.5, 0.6) is 17.2 Å². The Labute approximate surface area is 206 Å². The van der Waals surface area contributed by atoms with Crippen molar-refractivity contribution in [3.8, 4) is 28.4 Å². The second-order valence-corrected chi connectivity index (χ2v) is 9.68. The van der Waals surface area contributed by atoms with Gasteiger partial charge >= 0.3 is 0 Å². The van der Waals surface area contributed by atoms with E-state index in [9.17, 15) is 20.1 Å². The second-order valence-electron chi connectivity index (χ2n) is 9.68. The van der Waals surface area contributed by atoms with Gasteiger partial charge in [-0.25, -0.2) is 0 Å². The van der Waals surface area contributed by atoms with Crippen molar-refractivity contribution in [2.45, 2.75) is 60.8 Å². The Balaban J connectivity index is 2.27. The molecule has 0 fully saturated rings. The first-order valence-electron chi connectivity index (χ1n) is 11.7. The molecule has 3 rings (SSSR count). The number of allylic oxidation sites excluding steroid dienone is 6. The molecule has 0 aliphatic rings. The Morgan fingerprint density at radius 1 is 0.771 bits per heavy atom. The zero-order chi connectivity index (χ0) is 25.9. The maximum absolute atomic E-state index is 13.6. The lowest BCUT2D eigenvalue weighted by Crippen LogP contribution is -2.07. The number of rotatable bonds is 7. The highest BCUT2D eigenvalue weighted by Crippen LogP contribution is 2.36. The molecule has 0 saturated carbocycles. The molecule has 0 radical (unpaired) electrons. The van der Waals surface area contributed by atoms with E-state index in [4.69, 9.17) is 4.42 Å². The van der Waals surface area contributed by atoms with Gasteiger partial charge in [-0.1, -0.05) is 34.9 Å². The van der Waals surface area contributed by atoms with Crippen LogP contribution in [0.4, 0.5) is 0 Å². The van der Waals surface area contributed by atoms with E-state index in [2.05, 4.69) is 0 Å². The number of hydrogen-bond donors (Lipinski definition) is 3. The minimum Gasteiger partial charge on any atom is -0.507 e. The highest BCUT2D eigenvalue weighted by atomic mass is 16.3. The zero-order valence-corrected chi connectivity index (χ0v) is 21.3. The molecule has 35 heavy (non-hydrogen) atoms. The third kappa shape index (κ3) is 5.86. The van der Waals surface area contributed by atoms with Crippen LogP contribution in [0.3, 0.4) is 0 Å². The van der Waals surface area contributed by atoms with Crippen LogP contribution in [0.2, 0.25) is 0 Å². The standard InChI is InChI=1S/C30H34O5/c1-17(2)7-10-20-13-22(14-21(28(20)33)11-8-18(3)4)24-16-35-30-23(12-9-19(5)6)25(31)15-26(32)27(30)29(24)34/h7-9,13-16,31-33H,10-12H2,1-6H3. The van der Waals surface area contributed by atoms with Crippen LogP contribution in [0.15, 0.2) is 68.6 Å². The molecule has 0 aliphatic carbocycles. The third-order valence-electron chi connectivity index (χ3n) is 5.86. The van der Waals surface area contributed by atoms with Crippen LogP contribution >= 0.6 is 0 Å². The van der Waals surface area contributed by atoms with Crippen molar-refractivity contribution in [3.05, 3.63) is 86.3 Å². The molecule has 2 aromatic carbocycles. The molecular weight excluding hydrogens is 440 g/mol. The third-order valence-corrected chi connectivity index (χ3v) is 5.86. The summed E-state index contributed by atoms with van der Waals surface area (Å²) < 4.78 is 5.87. The van der Waals surface area contributed by atoms with Crippen LogP contribution in [0.1, 0.15) is 58.2 Å². The normalized spacial score (nSPS) is 10.8. The molecule has 5 heteroatoms. The SMILES string of the molecule is CC(C)=CCc1cc(-c2coc3c(CC=C(C)C)c(O)cc(O)c3c2=O)cc(CC=C(C)C)c1O. The Hall–Kier alpha value is -3.73. The largest absolute Gasteiger partial charge is 0.507 e. The summed E-state index contributed by atoms with van der Waals surface area (Å²) in [4.78, 5) is 13.6. The monoisotopic (exact) mass is 474 g/mol. The van der Waals surface area contributed by atoms with Crippen LogP contribution in [-0.2, 0) is 19.3 Å². The molecule has 184 valence electrons. The van der Waals surface area contributed by atoms with Crippen molar-refractivity contribution < 1.29 is 19.7 Å². The second kappa shape index (κ2) is 10.7. The van der Waals surface area contributed by atoms with Gasteiger partial charge in [0.1, 0.15) is 34.5 Å². The number of fused-ring (bicyclic) bond motifs is 1. The number of phenols is 3. The Morgan fingerprint density at radius 2 is 1.29 bits per heavy atom. The summed E-state index contributed by atoms with van der Waals surface area (Å²) in [6, 6.07) is 4.77. The number of benzene rings is 2. The molecule has 0 aliphatic heterocycles. The summed E-state index contributed by atoms with van der Waals surface area (Å²) >= 11 is 0. The van der Waals surface area contributed by atoms with Gasteiger partial charge < -0.3 is 19.7 Å². The minimum atomic E-state index is -0.394. The van der Waals surface area contributed by atoms with Crippen molar-refractivity contribution in [1.29, 1.82) is 0 Å². The van der Waals surface area contributed by atoms with E-state index in [1.807, 2.05) is 59.8 Å². The predicted molar refractivity (Wildman–Crippen MR) is 142 cm³/mol. The van der Waals surface area contributed by atoms with Crippen LogP contribution in [0, 0.1) is 0 Å². The number of phenolic OH excluding ortho intramolecular Hbond substituents is 3. The van der Waals surface area contributed by atoms with Crippen LogP contribution < -0.4 is 5.43 Å². The van der Waals surface area contributed by atoms with Gasteiger partial charge in [-0.15, -0.1) is 0 Å². The summed E-state index contributed by atoms with van der Waals surface area (Å²) in [5, 5.41) is 31.9. The van der Waals surface area contributed by atoms with Crippen molar-refractivity contribution in [3.63, 3.8) is 0 Å². The van der Waals surface area contributed by atoms with Gasteiger partial charge in [0.25, 0.3) is 0 Å². The lowest BCUT2D eigenvalue weighted by atomic mass is 9.94. The molecule has 0 unspecified atom stereocenters. The molecule has 0 spiro atoms. The van der Waals surface area contributed by atoms with Crippen molar-refractivity contribution in [2.24, 2.45) is 0 Å². The first-order chi connectivity index (χ1) is 16.5. The fourth-order valence-corrected chi connectivity index (χ4v) is 3.89. The molecule has 5 nitrogen and oxygen atoms in total. The van der Waals surface area contributed by atoms with Crippen molar-refractivity contribution in [2.75, 3.05) is 0 Å². The van der Waals surface area contributed by atoms with E-state index >= 15 is 0 Å². The molecule has 3 N–H and O–H groups in total. The molecule has 1 heterocycles. The Kier molecular flexibility index (Phi) is 7.90. The van der Waals surface area contributed by atoms with Gasteiger partial charge in [0.15, 0.2) is 0 Å². The maximum atomic E-state index is 13.6. The highest BCUT2D eigenvalue weighted by molar-refractivity contribution is 5.91. The molecule has 0 amide bonds. The summed E-state index contributed by atoms with van der Waals surface area (Å²) in [5.74, 6) is -0.242. The van der Waals surface area contributed by atoms with Gasteiger partial charge in [0.2, 0.25) is 5.43 Å². The van der Waals surface area contributed by atoms with E-state index < -0.39 is 5.43 Å². The molecular formula is C30H34O5. The fourth-order valence-electron chi connectivity index (χ4n) is 3.89. The smallest absolute Gasteiger partial charge is 0.204 e.